The molecule has 0 radical (unpaired) electrons. The molecule has 33 heavy (non-hydrogen) atoms. The normalized spacial score (nSPS) is 18.8. The first-order chi connectivity index (χ1) is 15.6. The number of hydrogen-bond donors (Lipinski definition) is 1. The maximum Gasteiger partial charge on any atom is 0.283 e. The van der Waals surface area contributed by atoms with Crippen LogP contribution in [-0.4, -0.2) is 49.2 Å². The molecular formula is C22H22Cl2N4O4S. The molecule has 0 saturated heterocycles. The highest BCUT2D eigenvalue weighted by molar-refractivity contribution is 7.90. The number of anilines is 1. The third-order valence-corrected chi connectivity index (χ3v) is 7.02. The van der Waals surface area contributed by atoms with E-state index in [-0.39, 0.29) is 17.4 Å². The molecule has 0 saturated carbocycles. The zero-order valence-corrected chi connectivity index (χ0v) is 20.3. The topological polar surface area (TPSA) is 99.8 Å². The van der Waals surface area contributed by atoms with Crippen LogP contribution in [0.3, 0.4) is 0 Å². The summed E-state index contributed by atoms with van der Waals surface area (Å²) >= 11 is 12.5. The van der Waals surface area contributed by atoms with E-state index in [1.165, 1.54) is 4.90 Å². The quantitative estimate of drug-likeness (QED) is 0.533. The first-order valence-corrected chi connectivity index (χ1v) is 13.0. The van der Waals surface area contributed by atoms with Gasteiger partial charge in [0.05, 0.1) is 27.7 Å². The van der Waals surface area contributed by atoms with E-state index >= 15 is 0 Å². The van der Waals surface area contributed by atoms with E-state index in [1.807, 2.05) is 30.3 Å². The lowest BCUT2D eigenvalue weighted by molar-refractivity contribution is -0.866. The van der Waals surface area contributed by atoms with Crippen molar-refractivity contribution in [3.8, 4) is 5.69 Å². The Morgan fingerprint density at radius 1 is 1.18 bits per heavy atom. The summed E-state index contributed by atoms with van der Waals surface area (Å²) in [4.78, 5) is 14.6. The highest BCUT2D eigenvalue weighted by atomic mass is 35.5. The number of halogens is 2. The largest absolute Gasteiger partial charge is 0.633 e. The zero-order valence-electron chi connectivity index (χ0n) is 18.0. The molecule has 2 aromatic carbocycles. The van der Waals surface area contributed by atoms with Gasteiger partial charge in [-0.1, -0.05) is 41.4 Å². The van der Waals surface area contributed by atoms with Crippen molar-refractivity contribution in [2.75, 3.05) is 30.0 Å². The summed E-state index contributed by atoms with van der Waals surface area (Å²) in [6.45, 7) is 1.26. The summed E-state index contributed by atoms with van der Waals surface area (Å²) in [6.07, 6.45) is 1.11. The van der Waals surface area contributed by atoms with Crippen molar-refractivity contribution in [1.29, 1.82) is 0 Å². The van der Waals surface area contributed by atoms with Crippen LogP contribution in [0.15, 0.2) is 48.5 Å². The van der Waals surface area contributed by atoms with Gasteiger partial charge >= 0.3 is 0 Å². The van der Waals surface area contributed by atoms with Crippen LogP contribution in [0.5, 0.6) is 0 Å². The average Bonchev–Trinajstić information content (AvgIpc) is 3.01. The number of nitrogens with zero attached hydrogens (tertiary/aromatic N) is 3. The number of rotatable bonds is 5. The highest BCUT2D eigenvalue weighted by Crippen LogP contribution is 2.38. The molecule has 0 fully saturated rings. The molecule has 0 aliphatic carbocycles. The van der Waals surface area contributed by atoms with Gasteiger partial charge in [0.1, 0.15) is 21.7 Å². The molecule has 11 heteroatoms. The van der Waals surface area contributed by atoms with Crippen molar-refractivity contribution in [2.24, 2.45) is 0 Å². The Bertz CT molecular complexity index is 1310. The number of aromatic nitrogens is 2. The number of para-hydroxylation sites is 1. The minimum absolute atomic E-state index is 0.100. The molecule has 1 amide bonds. The Kier molecular flexibility index (Phi) is 6.52. The van der Waals surface area contributed by atoms with Gasteiger partial charge in [0.25, 0.3) is 5.91 Å². The lowest BCUT2D eigenvalue weighted by Gasteiger charge is -2.30. The minimum Gasteiger partial charge on any atom is -0.633 e. The number of hydroxylamine groups is 2. The molecule has 2 atom stereocenters. The van der Waals surface area contributed by atoms with Gasteiger partial charge in [0.2, 0.25) is 0 Å². The summed E-state index contributed by atoms with van der Waals surface area (Å²) in [6, 6.07) is 13.2. The van der Waals surface area contributed by atoms with Crippen LogP contribution >= 0.6 is 23.2 Å². The van der Waals surface area contributed by atoms with Crippen LogP contribution in [0.2, 0.25) is 10.0 Å². The van der Waals surface area contributed by atoms with Gasteiger partial charge in [0.15, 0.2) is 6.54 Å². The van der Waals surface area contributed by atoms with Crippen LogP contribution in [0.4, 0.5) is 5.82 Å². The van der Waals surface area contributed by atoms with E-state index in [2.05, 4.69) is 5.10 Å². The fourth-order valence-electron chi connectivity index (χ4n) is 4.05. The maximum atomic E-state index is 13.4. The number of nitrogens with one attached hydrogen (secondary N) is 1. The second-order valence-electron chi connectivity index (χ2n) is 7.99. The van der Waals surface area contributed by atoms with Gasteiger partial charge in [0, 0.05) is 23.4 Å². The fraction of sp³-hybridized carbons (Fsp3) is 0.273. The van der Waals surface area contributed by atoms with E-state index in [4.69, 9.17) is 23.2 Å². The Morgan fingerprint density at radius 3 is 2.52 bits per heavy atom. The number of aryl methyl sites for hydroxylation is 1. The summed E-state index contributed by atoms with van der Waals surface area (Å²) < 4.78 is 25.4. The minimum atomic E-state index is -3.37. The van der Waals surface area contributed by atoms with E-state index in [1.54, 1.807) is 29.8 Å². The summed E-state index contributed by atoms with van der Waals surface area (Å²) in [5.41, 5.74) is 2.25. The lowest BCUT2D eigenvalue weighted by Crippen LogP contribution is -3.08. The van der Waals surface area contributed by atoms with Crippen molar-refractivity contribution in [3.63, 3.8) is 0 Å². The van der Waals surface area contributed by atoms with Gasteiger partial charge < -0.3 is 10.3 Å². The molecule has 1 aromatic heterocycles. The first kappa shape index (κ1) is 23.7. The van der Waals surface area contributed by atoms with Crippen molar-refractivity contribution >= 4 is 44.8 Å². The molecule has 1 aliphatic rings. The van der Waals surface area contributed by atoms with Crippen LogP contribution in [0, 0.1) is 12.1 Å². The molecule has 0 spiro atoms. The van der Waals surface area contributed by atoms with Crippen molar-refractivity contribution in [1.82, 2.24) is 9.78 Å². The summed E-state index contributed by atoms with van der Waals surface area (Å²) in [5, 5.41) is 18.4. The Balaban J connectivity index is 1.98. The predicted octanol–water partition coefficient (Wildman–Crippen LogP) is 2.35. The Hall–Kier alpha value is -2.43. The van der Waals surface area contributed by atoms with Crippen molar-refractivity contribution in [3.05, 3.63) is 80.6 Å². The second-order valence-corrected chi connectivity index (χ2v) is 11.1. The number of amides is 1. The molecule has 2 heterocycles. The molecule has 1 aliphatic heterocycles. The molecule has 174 valence electrons. The maximum absolute atomic E-state index is 13.4. The third kappa shape index (κ3) is 4.78. The van der Waals surface area contributed by atoms with Crippen LogP contribution in [-0.2, 0) is 14.6 Å². The third-order valence-electron chi connectivity index (χ3n) is 5.53. The average molecular weight is 509 g/mol. The van der Waals surface area contributed by atoms with E-state index in [0.29, 0.717) is 38.4 Å². The molecule has 8 nitrogen and oxygen atoms in total. The van der Waals surface area contributed by atoms with Crippen LogP contribution in [0.1, 0.15) is 22.9 Å². The van der Waals surface area contributed by atoms with Crippen LogP contribution in [0.25, 0.3) is 5.69 Å². The number of benzene rings is 2. The zero-order chi connectivity index (χ0) is 23.9. The Labute approximate surface area is 201 Å². The number of carbonyl (C=O) groups excluding carboxylic acids is 1. The van der Waals surface area contributed by atoms with Gasteiger partial charge in [-0.15, -0.1) is 0 Å². The molecule has 0 bridgehead atoms. The number of hydrogen-bond acceptors (Lipinski definition) is 5. The van der Waals surface area contributed by atoms with Crippen molar-refractivity contribution in [2.45, 2.75) is 13.0 Å². The number of sulfone groups is 1. The monoisotopic (exact) mass is 508 g/mol. The van der Waals surface area contributed by atoms with E-state index in [0.717, 1.165) is 6.26 Å². The molecular weight excluding hydrogens is 487 g/mol. The second kappa shape index (κ2) is 9.08. The van der Waals surface area contributed by atoms with E-state index in [9.17, 15) is 18.4 Å². The molecule has 3 aromatic rings. The first-order valence-electron chi connectivity index (χ1n) is 10.2. The van der Waals surface area contributed by atoms with Crippen LogP contribution < -0.4 is 9.96 Å². The number of carbonyl (C=O) groups is 1. The number of fused-ring (bicyclic) bond motifs is 1. The molecule has 1 N–H and O–H groups in total. The molecule has 2 unspecified atom stereocenters. The van der Waals surface area contributed by atoms with Gasteiger partial charge in [-0.3, -0.25) is 9.69 Å². The lowest BCUT2D eigenvalue weighted by atomic mass is 9.98. The summed E-state index contributed by atoms with van der Waals surface area (Å²) in [5.74, 6) is -0.374. The standard InChI is InChI=1S/C22H22Cl2N4O4S/c1-14-20-21(17-9-8-15(23)12-18(17)24)27(30)13-19(29)26(10-11-33(2,31)32)22(20)28(25-14)16-6-4-3-5-7-16/h3-9,12,21,27H,10-11,13H2,1-2H3. The Morgan fingerprint density at radius 2 is 1.88 bits per heavy atom. The summed E-state index contributed by atoms with van der Waals surface area (Å²) in [7, 11) is -3.37. The van der Waals surface area contributed by atoms with Gasteiger partial charge in [-0.05, 0) is 37.3 Å². The predicted molar refractivity (Wildman–Crippen MR) is 128 cm³/mol. The van der Waals surface area contributed by atoms with E-state index < -0.39 is 28.3 Å². The SMILES string of the molecule is Cc1nn(-c2ccccc2)c2c1C(c1ccc(Cl)cc1Cl)[NH+]([O-])CC(=O)N2CCS(C)(=O)=O. The van der Waals surface area contributed by atoms with Crippen molar-refractivity contribution < 1.29 is 18.3 Å². The molecule has 4 rings (SSSR count). The smallest absolute Gasteiger partial charge is 0.283 e. The van der Waals surface area contributed by atoms with Gasteiger partial charge in [-0.25, -0.2) is 13.1 Å². The highest BCUT2D eigenvalue weighted by Gasteiger charge is 2.40. The van der Waals surface area contributed by atoms with Gasteiger partial charge in [-0.2, -0.15) is 5.10 Å². The fourth-order valence-corrected chi connectivity index (χ4v) is 5.08. The number of quaternary nitrogens is 1.